The van der Waals surface area contributed by atoms with Crippen molar-refractivity contribution in [3.63, 3.8) is 0 Å². The molecular weight excluding hydrogens is 272 g/mol. The molecule has 20 heavy (non-hydrogen) atoms. The fraction of sp³-hybridized carbons (Fsp3) is 0.125. The molecule has 0 unspecified atom stereocenters. The predicted octanol–water partition coefficient (Wildman–Crippen LogP) is 3.58. The highest BCUT2D eigenvalue weighted by atomic mass is 32.2. The summed E-state index contributed by atoms with van der Waals surface area (Å²) in [4.78, 5) is 24.6. The third-order valence-electron chi connectivity index (χ3n) is 2.56. The van der Waals surface area contributed by atoms with Gasteiger partial charge in [-0.1, -0.05) is 42.1 Å². The third-order valence-corrected chi connectivity index (χ3v) is 3.58. The number of hydrogen-bond acceptors (Lipinski definition) is 4. The van der Waals surface area contributed by atoms with Crippen LogP contribution in [0.4, 0.5) is 0 Å². The summed E-state index contributed by atoms with van der Waals surface area (Å²) in [5.74, 6) is -0.647. The van der Waals surface area contributed by atoms with Crippen molar-refractivity contribution in [1.82, 2.24) is 0 Å². The summed E-state index contributed by atoms with van der Waals surface area (Å²) in [5, 5.41) is 0. The van der Waals surface area contributed by atoms with Crippen LogP contribution in [0.5, 0.6) is 0 Å². The second kappa shape index (κ2) is 6.91. The molecule has 0 spiro atoms. The first-order valence-electron chi connectivity index (χ1n) is 6.14. The monoisotopic (exact) mass is 286 g/mol. The number of hydrogen-bond donors (Lipinski definition) is 0. The van der Waals surface area contributed by atoms with E-state index in [-0.39, 0.29) is 12.4 Å². The molecule has 0 fully saturated rings. The second-order valence-electron chi connectivity index (χ2n) is 4.14. The van der Waals surface area contributed by atoms with Crippen molar-refractivity contribution in [2.45, 2.75) is 16.7 Å². The third kappa shape index (κ3) is 4.24. The lowest BCUT2D eigenvalue weighted by Gasteiger charge is -2.04. The molecule has 0 amide bonds. The van der Waals surface area contributed by atoms with E-state index in [2.05, 4.69) is 0 Å². The Kier molecular flexibility index (Phi) is 4.96. The van der Waals surface area contributed by atoms with Gasteiger partial charge in [-0.25, -0.2) is 0 Å². The van der Waals surface area contributed by atoms with E-state index in [9.17, 15) is 9.59 Å². The van der Waals surface area contributed by atoms with E-state index in [1.807, 2.05) is 42.5 Å². The van der Waals surface area contributed by atoms with Gasteiger partial charge in [-0.05, 0) is 24.3 Å². The largest absolute Gasteiger partial charge is 0.457 e. The van der Waals surface area contributed by atoms with E-state index in [1.54, 1.807) is 23.9 Å². The molecule has 0 aliphatic rings. The van der Waals surface area contributed by atoms with Crippen LogP contribution in [0.3, 0.4) is 0 Å². The van der Waals surface area contributed by atoms with Gasteiger partial charge in [0.25, 0.3) is 0 Å². The van der Waals surface area contributed by atoms with Crippen LogP contribution in [-0.4, -0.2) is 18.4 Å². The lowest BCUT2D eigenvalue weighted by atomic mass is 10.1. The lowest BCUT2D eigenvalue weighted by Crippen LogP contribution is -2.11. The first-order chi connectivity index (χ1) is 9.65. The summed E-state index contributed by atoms with van der Waals surface area (Å²) in [5.41, 5.74) is 0.545. The number of carbonyl (C=O) groups excluding carboxylic acids is 2. The molecule has 3 nitrogen and oxygen atoms in total. The molecule has 2 aromatic rings. The SMILES string of the molecule is CC(=O)OCC(=O)c1ccc(Sc2ccccc2)cc1. The van der Waals surface area contributed by atoms with Crippen molar-refractivity contribution in [2.75, 3.05) is 6.61 Å². The summed E-state index contributed by atoms with van der Waals surface area (Å²) in [7, 11) is 0. The fourth-order valence-corrected chi connectivity index (χ4v) is 2.42. The Morgan fingerprint density at radius 2 is 1.55 bits per heavy atom. The van der Waals surface area contributed by atoms with Crippen molar-refractivity contribution in [2.24, 2.45) is 0 Å². The van der Waals surface area contributed by atoms with Gasteiger partial charge >= 0.3 is 5.97 Å². The van der Waals surface area contributed by atoms with E-state index in [1.165, 1.54) is 6.92 Å². The second-order valence-corrected chi connectivity index (χ2v) is 5.29. The molecule has 0 bridgehead atoms. The lowest BCUT2D eigenvalue weighted by molar-refractivity contribution is -0.139. The Morgan fingerprint density at radius 1 is 0.950 bits per heavy atom. The highest BCUT2D eigenvalue weighted by Crippen LogP contribution is 2.27. The van der Waals surface area contributed by atoms with Crippen molar-refractivity contribution in [3.8, 4) is 0 Å². The van der Waals surface area contributed by atoms with Crippen LogP contribution >= 0.6 is 11.8 Å². The van der Waals surface area contributed by atoms with Crippen molar-refractivity contribution >= 4 is 23.5 Å². The number of Topliss-reactive ketones (excluding diaryl/α,β-unsaturated/α-hetero) is 1. The Balaban J connectivity index is 1.99. The maximum atomic E-state index is 11.7. The first-order valence-corrected chi connectivity index (χ1v) is 6.96. The van der Waals surface area contributed by atoms with Crippen LogP contribution in [0, 0.1) is 0 Å². The first kappa shape index (κ1) is 14.3. The number of carbonyl (C=O) groups is 2. The molecule has 0 heterocycles. The molecular formula is C16H14O3S. The minimum Gasteiger partial charge on any atom is -0.457 e. The van der Waals surface area contributed by atoms with Gasteiger partial charge in [-0.2, -0.15) is 0 Å². The smallest absolute Gasteiger partial charge is 0.303 e. The Bertz CT molecular complexity index is 591. The van der Waals surface area contributed by atoms with Gasteiger partial charge < -0.3 is 4.74 Å². The highest BCUT2D eigenvalue weighted by molar-refractivity contribution is 7.99. The summed E-state index contributed by atoms with van der Waals surface area (Å²) in [6, 6.07) is 17.3. The average molecular weight is 286 g/mol. The zero-order valence-corrected chi connectivity index (χ0v) is 11.9. The number of benzene rings is 2. The fourth-order valence-electron chi connectivity index (χ4n) is 1.58. The minimum absolute atomic E-state index is 0.198. The van der Waals surface area contributed by atoms with Crippen LogP contribution in [0.15, 0.2) is 64.4 Å². The van der Waals surface area contributed by atoms with Crippen molar-refractivity contribution in [1.29, 1.82) is 0 Å². The van der Waals surface area contributed by atoms with Crippen LogP contribution in [0.25, 0.3) is 0 Å². The summed E-state index contributed by atoms with van der Waals surface area (Å²) < 4.78 is 4.69. The predicted molar refractivity (Wildman–Crippen MR) is 78.0 cm³/mol. The van der Waals surface area contributed by atoms with Gasteiger partial charge in [0.2, 0.25) is 0 Å². The van der Waals surface area contributed by atoms with E-state index in [0.717, 1.165) is 9.79 Å². The molecule has 102 valence electrons. The molecule has 0 aromatic heterocycles. The Morgan fingerprint density at radius 3 is 2.15 bits per heavy atom. The summed E-state index contributed by atoms with van der Waals surface area (Å²) in [6.45, 7) is 1.08. The average Bonchev–Trinajstić information content (AvgIpc) is 2.46. The molecule has 0 radical (unpaired) electrons. The van der Waals surface area contributed by atoms with E-state index < -0.39 is 5.97 Å². The van der Waals surface area contributed by atoms with Crippen LogP contribution in [0.2, 0.25) is 0 Å². The van der Waals surface area contributed by atoms with Crippen LogP contribution < -0.4 is 0 Å². The summed E-state index contributed by atoms with van der Waals surface area (Å²) in [6.07, 6.45) is 0. The van der Waals surface area contributed by atoms with Gasteiger partial charge in [0.05, 0.1) is 0 Å². The van der Waals surface area contributed by atoms with Gasteiger partial charge in [0.15, 0.2) is 12.4 Å². The Labute approximate surface area is 122 Å². The molecule has 4 heteroatoms. The van der Waals surface area contributed by atoms with Gasteiger partial charge in [-0.3, -0.25) is 9.59 Å². The van der Waals surface area contributed by atoms with Crippen molar-refractivity contribution in [3.05, 3.63) is 60.2 Å². The maximum absolute atomic E-state index is 11.7. The maximum Gasteiger partial charge on any atom is 0.303 e. The van der Waals surface area contributed by atoms with E-state index in [4.69, 9.17) is 4.74 Å². The zero-order valence-electron chi connectivity index (χ0n) is 11.0. The molecule has 2 aromatic carbocycles. The quantitative estimate of drug-likeness (QED) is 0.622. The normalized spacial score (nSPS) is 10.1. The molecule has 0 atom stereocenters. The molecule has 0 aliphatic heterocycles. The standard InChI is InChI=1S/C16H14O3S/c1-12(17)19-11-16(18)13-7-9-15(10-8-13)20-14-5-3-2-4-6-14/h2-10H,11H2,1H3. The molecule has 0 saturated heterocycles. The van der Waals surface area contributed by atoms with Gasteiger partial charge in [0, 0.05) is 22.3 Å². The topological polar surface area (TPSA) is 43.4 Å². The minimum atomic E-state index is -0.449. The molecule has 0 saturated carbocycles. The number of esters is 1. The van der Waals surface area contributed by atoms with Crippen LogP contribution in [0.1, 0.15) is 17.3 Å². The van der Waals surface area contributed by atoms with Crippen LogP contribution in [-0.2, 0) is 9.53 Å². The summed E-state index contributed by atoms with van der Waals surface area (Å²) >= 11 is 1.63. The van der Waals surface area contributed by atoms with E-state index >= 15 is 0 Å². The Hall–Kier alpha value is -2.07. The van der Waals surface area contributed by atoms with Crippen molar-refractivity contribution < 1.29 is 14.3 Å². The molecule has 0 N–H and O–H groups in total. The zero-order chi connectivity index (χ0) is 14.4. The highest BCUT2D eigenvalue weighted by Gasteiger charge is 2.07. The molecule has 0 aliphatic carbocycles. The number of ketones is 1. The van der Waals surface area contributed by atoms with E-state index in [0.29, 0.717) is 5.56 Å². The van der Waals surface area contributed by atoms with Gasteiger partial charge in [-0.15, -0.1) is 0 Å². The number of rotatable bonds is 5. The molecule has 2 rings (SSSR count). The van der Waals surface area contributed by atoms with Gasteiger partial charge in [0.1, 0.15) is 0 Å². The number of ether oxygens (including phenoxy) is 1.